The van der Waals surface area contributed by atoms with E-state index in [9.17, 15) is 9.59 Å². The van der Waals surface area contributed by atoms with Crippen LogP contribution in [0.1, 0.15) is 51.3 Å². The van der Waals surface area contributed by atoms with Gasteiger partial charge in [-0.25, -0.2) is 0 Å². The molecule has 4 rings (SSSR count). The van der Waals surface area contributed by atoms with Crippen LogP contribution in [0.25, 0.3) is 0 Å². The van der Waals surface area contributed by atoms with E-state index in [1.807, 2.05) is 104 Å². The second kappa shape index (κ2) is 10.2. The van der Waals surface area contributed by atoms with Gasteiger partial charge in [-0.15, -0.1) is 0 Å². The molecule has 0 aliphatic rings. The molecular weight excluding hydrogens is 408 g/mol. The number of hydrogen-bond donors (Lipinski definition) is 0. The van der Waals surface area contributed by atoms with Crippen molar-refractivity contribution < 1.29 is 14.3 Å². The Labute approximate surface area is 194 Å². The molecule has 0 amide bonds. The number of benzene rings is 4. The SMILES string of the molecule is CCC(OC(C(=O)c1ccccc1)c1ccccc1)(C(=O)c1ccccc1)c1ccccc1. The molecule has 0 aliphatic carbocycles. The Bertz CT molecular complexity index is 1190. The van der Waals surface area contributed by atoms with Gasteiger partial charge in [0.15, 0.2) is 17.2 Å². The van der Waals surface area contributed by atoms with Gasteiger partial charge in [0.25, 0.3) is 0 Å². The number of carbonyl (C=O) groups is 2. The van der Waals surface area contributed by atoms with Gasteiger partial charge >= 0.3 is 0 Å². The fourth-order valence-corrected chi connectivity index (χ4v) is 4.09. The highest BCUT2D eigenvalue weighted by molar-refractivity contribution is 6.04. The van der Waals surface area contributed by atoms with E-state index in [0.29, 0.717) is 23.1 Å². The predicted octanol–water partition coefficient (Wildman–Crippen LogP) is 6.82. The van der Waals surface area contributed by atoms with Crippen LogP contribution < -0.4 is 0 Å². The second-order valence-electron chi connectivity index (χ2n) is 7.88. The molecule has 3 nitrogen and oxygen atoms in total. The summed E-state index contributed by atoms with van der Waals surface area (Å²) in [6.07, 6.45) is -0.572. The van der Waals surface area contributed by atoms with Gasteiger partial charge in [-0.1, -0.05) is 128 Å². The number of Topliss-reactive ketones (excluding diaryl/α,β-unsaturated/α-hetero) is 2. The minimum atomic E-state index is -1.33. The van der Waals surface area contributed by atoms with E-state index < -0.39 is 11.7 Å². The van der Waals surface area contributed by atoms with Gasteiger partial charge in [0.1, 0.15) is 6.10 Å². The number of ether oxygens (including phenoxy) is 1. The molecule has 0 aliphatic heterocycles. The summed E-state index contributed by atoms with van der Waals surface area (Å²) in [6.45, 7) is 1.92. The van der Waals surface area contributed by atoms with Crippen molar-refractivity contribution in [2.45, 2.75) is 25.0 Å². The number of carbonyl (C=O) groups excluding carboxylic acids is 2. The van der Waals surface area contributed by atoms with Crippen molar-refractivity contribution in [1.82, 2.24) is 0 Å². The summed E-state index contributed by atoms with van der Waals surface area (Å²) in [5, 5.41) is 0. The molecule has 0 radical (unpaired) electrons. The lowest BCUT2D eigenvalue weighted by Crippen LogP contribution is -2.41. The van der Waals surface area contributed by atoms with Crippen LogP contribution in [0.15, 0.2) is 121 Å². The summed E-state index contributed by atoms with van der Waals surface area (Å²) in [7, 11) is 0. The maximum atomic E-state index is 14.0. The minimum absolute atomic E-state index is 0.168. The lowest BCUT2D eigenvalue weighted by atomic mass is 9.82. The number of ketones is 2. The predicted molar refractivity (Wildman–Crippen MR) is 130 cm³/mol. The maximum absolute atomic E-state index is 14.0. The minimum Gasteiger partial charge on any atom is -0.346 e. The van der Waals surface area contributed by atoms with E-state index in [2.05, 4.69) is 0 Å². The lowest BCUT2D eigenvalue weighted by molar-refractivity contribution is -0.0654. The number of hydrogen-bond acceptors (Lipinski definition) is 3. The monoisotopic (exact) mass is 434 g/mol. The first-order chi connectivity index (χ1) is 16.2. The van der Waals surface area contributed by atoms with Crippen LogP contribution in [0.5, 0.6) is 0 Å². The van der Waals surface area contributed by atoms with Crippen LogP contribution >= 0.6 is 0 Å². The van der Waals surface area contributed by atoms with Crippen LogP contribution in [-0.4, -0.2) is 11.6 Å². The van der Waals surface area contributed by atoms with Crippen LogP contribution in [0, 0.1) is 0 Å². The molecule has 33 heavy (non-hydrogen) atoms. The Morgan fingerprint density at radius 1 is 0.667 bits per heavy atom. The highest BCUT2D eigenvalue weighted by Crippen LogP contribution is 2.39. The first kappa shape index (κ1) is 22.4. The molecule has 0 spiro atoms. The van der Waals surface area contributed by atoms with E-state index in [4.69, 9.17) is 4.74 Å². The largest absolute Gasteiger partial charge is 0.346 e. The summed E-state index contributed by atoms with van der Waals surface area (Å²) in [5.74, 6) is -0.352. The van der Waals surface area contributed by atoms with Crippen molar-refractivity contribution in [2.24, 2.45) is 0 Å². The molecule has 2 unspecified atom stereocenters. The van der Waals surface area contributed by atoms with E-state index in [0.717, 1.165) is 5.56 Å². The van der Waals surface area contributed by atoms with E-state index in [1.54, 1.807) is 24.3 Å². The zero-order chi connectivity index (χ0) is 23.1. The normalized spacial score (nSPS) is 13.6. The van der Waals surface area contributed by atoms with E-state index >= 15 is 0 Å². The Hall–Kier alpha value is -3.82. The van der Waals surface area contributed by atoms with Crippen LogP contribution in [0.3, 0.4) is 0 Å². The lowest BCUT2D eigenvalue weighted by Gasteiger charge is -2.35. The fourth-order valence-electron chi connectivity index (χ4n) is 4.09. The van der Waals surface area contributed by atoms with Gasteiger partial charge in [-0.3, -0.25) is 9.59 Å². The standard InChI is InChI=1S/C30H26O3/c1-2-30(26-21-13-6-14-22-26,29(32)25-19-11-5-12-20-25)33-28(24-17-9-4-10-18-24)27(31)23-15-7-3-8-16-23/h3-22,28H,2H2,1H3. The molecule has 0 N–H and O–H groups in total. The molecular formula is C30H26O3. The van der Waals surface area contributed by atoms with Crippen LogP contribution in [-0.2, 0) is 10.3 Å². The van der Waals surface area contributed by atoms with Crippen LogP contribution in [0.2, 0.25) is 0 Å². The molecule has 0 saturated heterocycles. The summed E-state index contributed by atoms with van der Waals surface area (Å²) < 4.78 is 6.69. The van der Waals surface area contributed by atoms with Crippen molar-refractivity contribution in [3.05, 3.63) is 144 Å². The molecule has 0 bridgehead atoms. The molecule has 0 fully saturated rings. The molecule has 164 valence electrons. The smallest absolute Gasteiger partial charge is 0.199 e. The molecule has 0 saturated carbocycles. The van der Waals surface area contributed by atoms with Gasteiger partial charge in [0, 0.05) is 11.1 Å². The van der Waals surface area contributed by atoms with Gasteiger partial charge in [0.2, 0.25) is 0 Å². The summed E-state index contributed by atoms with van der Waals surface area (Å²) in [6, 6.07) is 37.0. The third-order valence-corrected chi connectivity index (χ3v) is 5.86. The third-order valence-electron chi connectivity index (χ3n) is 5.86. The topological polar surface area (TPSA) is 43.4 Å². The van der Waals surface area contributed by atoms with Gasteiger partial charge in [-0.05, 0) is 17.5 Å². The van der Waals surface area contributed by atoms with Crippen molar-refractivity contribution in [3.63, 3.8) is 0 Å². The maximum Gasteiger partial charge on any atom is 0.199 e. The van der Waals surface area contributed by atoms with Crippen molar-refractivity contribution in [2.75, 3.05) is 0 Å². The highest BCUT2D eigenvalue weighted by Gasteiger charge is 2.44. The Kier molecular flexibility index (Phi) is 6.92. The molecule has 0 aromatic heterocycles. The second-order valence-corrected chi connectivity index (χ2v) is 7.88. The summed E-state index contributed by atoms with van der Waals surface area (Å²) in [4.78, 5) is 27.7. The van der Waals surface area contributed by atoms with Crippen LogP contribution in [0.4, 0.5) is 0 Å². The molecule has 4 aromatic carbocycles. The first-order valence-corrected chi connectivity index (χ1v) is 11.1. The molecule has 3 heteroatoms. The van der Waals surface area contributed by atoms with Gasteiger partial charge in [0.05, 0.1) is 0 Å². The number of rotatable bonds is 9. The van der Waals surface area contributed by atoms with E-state index in [-0.39, 0.29) is 11.6 Å². The van der Waals surface area contributed by atoms with Crippen molar-refractivity contribution >= 4 is 11.6 Å². The van der Waals surface area contributed by atoms with Crippen molar-refractivity contribution in [3.8, 4) is 0 Å². The Morgan fingerprint density at radius 2 is 1.12 bits per heavy atom. The van der Waals surface area contributed by atoms with Gasteiger partial charge in [-0.2, -0.15) is 0 Å². The third kappa shape index (κ3) is 4.69. The van der Waals surface area contributed by atoms with E-state index in [1.165, 1.54) is 0 Å². The molecule has 4 aromatic rings. The van der Waals surface area contributed by atoms with Gasteiger partial charge < -0.3 is 4.74 Å². The fraction of sp³-hybridized carbons (Fsp3) is 0.133. The Morgan fingerprint density at radius 3 is 1.64 bits per heavy atom. The average Bonchev–Trinajstić information content (AvgIpc) is 2.91. The zero-order valence-electron chi connectivity index (χ0n) is 18.6. The zero-order valence-corrected chi connectivity index (χ0v) is 18.6. The quantitative estimate of drug-likeness (QED) is 0.272. The first-order valence-electron chi connectivity index (χ1n) is 11.1. The average molecular weight is 435 g/mol. The molecule has 0 heterocycles. The highest BCUT2D eigenvalue weighted by atomic mass is 16.5. The van der Waals surface area contributed by atoms with Crippen molar-refractivity contribution in [1.29, 1.82) is 0 Å². The summed E-state index contributed by atoms with van der Waals surface area (Å²) >= 11 is 0. The molecule has 2 atom stereocenters. The Balaban J connectivity index is 1.86. The summed E-state index contributed by atoms with van der Waals surface area (Å²) in [5.41, 5.74) is 1.19.